The Balaban J connectivity index is 1.99. The van der Waals surface area contributed by atoms with E-state index in [0.717, 1.165) is 0 Å². The molecule has 0 spiro atoms. The van der Waals surface area contributed by atoms with Gasteiger partial charge in [-0.1, -0.05) is 0 Å². The highest BCUT2D eigenvalue weighted by Gasteiger charge is 2.63. The highest BCUT2D eigenvalue weighted by molar-refractivity contribution is 14.1. The number of aromatic hydroxyl groups is 1. The van der Waals surface area contributed by atoms with Gasteiger partial charge in [0.05, 0.1) is 15.2 Å². The number of phenolic OH excluding ortho intramolecular Hbond substituents is 1. The smallest absolute Gasteiger partial charge is 0.255 e. The third-order valence-electron chi connectivity index (χ3n) is 6.99. The summed E-state index contributed by atoms with van der Waals surface area (Å²) in [6.07, 6.45) is 0.272. The molecule has 0 unspecified atom stereocenters. The van der Waals surface area contributed by atoms with E-state index in [9.17, 15) is 34.8 Å². The van der Waals surface area contributed by atoms with Crippen molar-refractivity contribution in [3.05, 3.63) is 49.0 Å². The maximum Gasteiger partial charge on any atom is 0.255 e. The molecule has 4 atom stereocenters. The zero-order valence-electron chi connectivity index (χ0n) is 17.9. The molecule has 176 valence electrons. The van der Waals surface area contributed by atoms with Crippen LogP contribution in [0.5, 0.6) is 5.75 Å². The molecule has 8 N–H and O–H groups in total. The number of allylic oxidation sites excluding steroid dienone is 1. The maximum atomic E-state index is 13.5. The van der Waals surface area contributed by atoms with Gasteiger partial charge < -0.3 is 31.9 Å². The van der Waals surface area contributed by atoms with Crippen LogP contribution in [0.15, 0.2) is 28.7 Å². The summed E-state index contributed by atoms with van der Waals surface area (Å²) in [6.45, 7) is 0.126. The van der Waals surface area contributed by atoms with E-state index >= 15 is 0 Å². The Hall–Kier alpha value is -2.48. The number of Topliss-reactive ketones (excluding diaryl/α,β-unsaturated/α-hetero) is 2. The number of ketones is 2. The first-order valence-corrected chi connectivity index (χ1v) is 11.3. The van der Waals surface area contributed by atoms with Crippen molar-refractivity contribution >= 4 is 40.1 Å². The largest absolute Gasteiger partial charge is 0.510 e. The molecule has 3 aliphatic carbocycles. The Morgan fingerprint density at radius 3 is 2.45 bits per heavy atom. The van der Waals surface area contributed by atoms with Gasteiger partial charge in [0, 0.05) is 18.0 Å². The van der Waals surface area contributed by atoms with E-state index in [1.165, 1.54) is 4.90 Å². The van der Waals surface area contributed by atoms with Crippen LogP contribution in [0.3, 0.4) is 0 Å². The summed E-state index contributed by atoms with van der Waals surface area (Å²) in [6, 6.07) is 0.672. The van der Waals surface area contributed by atoms with Gasteiger partial charge in [-0.05, 0) is 72.6 Å². The quantitative estimate of drug-likeness (QED) is 0.218. The number of aliphatic hydroxyl groups is 3. The van der Waals surface area contributed by atoms with Crippen molar-refractivity contribution in [2.24, 2.45) is 23.3 Å². The van der Waals surface area contributed by atoms with Crippen LogP contribution < -0.4 is 11.5 Å². The zero-order chi connectivity index (χ0) is 24.6. The van der Waals surface area contributed by atoms with Crippen molar-refractivity contribution in [3.63, 3.8) is 0 Å². The number of primary amides is 1. The lowest BCUT2D eigenvalue weighted by Crippen LogP contribution is -2.63. The molecule has 10 nitrogen and oxygen atoms in total. The summed E-state index contributed by atoms with van der Waals surface area (Å²) < 4.78 is 0.399. The second-order valence-corrected chi connectivity index (χ2v) is 10.0. The van der Waals surface area contributed by atoms with Gasteiger partial charge in [-0.3, -0.25) is 19.3 Å². The Kier molecular flexibility index (Phi) is 5.59. The number of rotatable bonds is 3. The van der Waals surface area contributed by atoms with Crippen LogP contribution in [0.25, 0.3) is 0 Å². The van der Waals surface area contributed by atoms with Crippen LogP contribution in [0.4, 0.5) is 0 Å². The topological polar surface area (TPSA) is 187 Å². The van der Waals surface area contributed by atoms with Gasteiger partial charge in [0.25, 0.3) is 5.91 Å². The molecule has 0 aromatic heterocycles. The first-order valence-electron chi connectivity index (χ1n) is 10.3. The third-order valence-corrected chi connectivity index (χ3v) is 7.81. The first-order chi connectivity index (χ1) is 15.4. The molecule has 0 saturated carbocycles. The van der Waals surface area contributed by atoms with Gasteiger partial charge in [-0.25, -0.2) is 0 Å². The van der Waals surface area contributed by atoms with E-state index in [1.807, 2.05) is 22.6 Å². The number of nitrogens with zero attached hydrogens (tertiary/aromatic N) is 1. The van der Waals surface area contributed by atoms with Crippen LogP contribution >= 0.6 is 22.6 Å². The lowest BCUT2D eigenvalue weighted by atomic mass is 9.58. The van der Waals surface area contributed by atoms with Crippen LogP contribution in [-0.2, 0) is 22.6 Å². The van der Waals surface area contributed by atoms with E-state index in [-0.39, 0.29) is 36.3 Å². The number of aliphatic hydroxyl groups excluding tert-OH is 2. The standard InChI is InChI=1S/C22H24IN3O7/c1-26(2)15-10-4-7-3-9-8(6-24)5-11(23)16(27)13(9)17(28)12(7)19(30)22(10,33)20(31)14(18(15)29)21(25)32/h5,7,10,15,27,29-30,33H,3-4,6,24H2,1-2H3,(H2,25,32)/t7-,10-,15-,22-/m1/s1. The van der Waals surface area contributed by atoms with E-state index in [1.54, 1.807) is 20.2 Å². The Bertz CT molecular complexity index is 1190. The number of halogens is 1. The number of hydrogen-bond acceptors (Lipinski definition) is 9. The van der Waals surface area contributed by atoms with Gasteiger partial charge in [0.1, 0.15) is 22.8 Å². The number of phenols is 1. The summed E-state index contributed by atoms with van der Waals surface area (Å²) in [5.41, 5.74) is 8.72. The van der Waals surface area contributed by atoms with Crippen LogP contribution in [0.2, 0.25) is 0 Å². The minimum absolute atomic E-state index is 0.0249. The van der Waals surface area contributed by atoms with E-state index in [4.69, 9.17) is 11.5 Å². The van der Waals surface area contributed by atoms with Gasteiger partial charge in [-0.15, -0.1) is 0 Å². The predicted octanol–water partition coefficient (Wildman–Crippen LogP) is 0.184. The number of hydrogen-bond donors (Lipinski definition) is 6. The van der Waals surface area contributed by atoms with Crippen LogP contribution in [0.1, 0.15) is 27.9 Å². The molecular weight excluding hydrogens is 545 g/mol. The van der Waals surface area contributed by atoms with E-state index in [2.05, 4.69) is 0 Å². The summed E-state index contributed by atoms with van der Waals surface area (Å²) in [7, 11) is 3.17. The highest BCUT2D eigenvalue weighted by atomic mass is 127. The molecule has 33 heavy (non-hydrogen) atoms. The molecule has 1 amide bonds. The van der Waals surface area contributed by atoms with Crippen molar-refractivity contribution in [3.8, 4) is 5.75 Å². The molecule has 3 aliphatic rings. The molecule has 0 saturated heterocycles. The lowest BCUT2D eigenvalue weighted by molar-refractivity contribution is -0.148. The van der Waals surface area contributed by atoms with Gasteiger partial charge in [0.2, 0.25) is 5.78 Å². The van der Waals surface area contributed by atoms with Crippen molar-refractivity contribution in [1.29, 1.82) is 0 Å². The van der Waals surface area contributed by atoms with Gasteiger partial charge >= 0.3 is 0 Å². The van der Waals surface area contributed by atoms with Crippen molar-refractivity contribution in [1.82, 2.24) is 4.90 Å². The zero-order valence-corrected chi connectivity index (χ0v) is 20.1. The molecule has 1 aromatic rings. The number of carbonyl (C=O) groups excluding carboxylic acids is 3. The maximum absolute atomic E-state index is 13.5. The summed E-state index contributed by atoms with van der Waals surface area (Å²) in [5.74, 6) is -6.63. The number of likely N-dealkylation sites (N-methyl/N-ethyl adjacent to an activating group) is 1. The average Bonchev–Trinajstić information content (AvgIpc) is 2.72. The van der Waals surface area contributed by atoms with Crippen molar-refractivity contribution in [2.45, 2.75) is 31.0 Å². The molecule has 4 rings (SSSR count). The third kappa shape index (κ3) is 3.06. The fourth-order valence-corrected chi connectivity index (χ4v) is 6.19. The number of benzene rings is 1. The number of fused-ring (bicyclic) bond motifs is 3. The molecule has 0 heterocycles. The average molecular weight is 569 g/mol. The van der Waals surface area contributed by atoms with Crippen LogP contribution in [-0.4, -0.2) is 68.5 Å². The second kappa shape index (κ2) is 7.79. The van der Waals surface area contributed by atoms with Gasteiger partial charge in [0.15, 0.2) is 11.4 Å². The van der Waals surface area contributed by atoms with Crippen LogP contribution in [0, 0.1) is 15.4 Å². The van der Waals surface area contributed by atoms with Gasteiger partial charge in [-0.2, -0.15) is 0 Å². The molecule has 0 radical (unpaired) electrons. The monoisotopic (exact) mass is 569 g/mol. The molecule has 11 heteroatoms. The number of nitrogens with two attached hydrogens (primary N) is 2. The molecule has 0 aliphatic heterocycles. The van der Waals surface area contributed by atoms with Crippen molar-refractivity contribution in [2.75, 3.05) is 14.1 Å². The SMILES string of the molecule is CN(C)[C@H]1C(O)=C(C(N)=O)C(=O)[C@]2(O)C(O)=C3C(=O)c4c(O)c(I)cc(CN)c4C[C@@H]3C[C@H]12. The predicted molar refractivity (Wildman–Crippen MR) is 124 cm³/mol. The summed E-state index contributed by atoms with van der Waals surface area (Å²) in [4.78, 5) is 40.2. The lowest BCUT2D eigenvalue weighted by Gasteiger charge is -2.50. The van der Waals surface area contributed by atoms with E-state index in [0.29, 0.717) is 14.7 Å². The summed E-state index contributed by atoms with van der Waals surface area (Å²) in [5, 5.41) is 44.1. The Labute approximate surface area is 202 Å². The fraction of sp³-hybridized carbons (Fsp3) is 0.409. The van der Waals surface area contributed by atoms with E-state index < -0.39 is 58.0 Å². The summed E-state index contributed by atoms with van der Waals surface area (Å²) >= 11 is 1.87. The molecule has 1 aromatic carbocycles. The second-order valence-electron chi connectivity index (χ2n) is 8.89. The minimum atomic E-state index is -2.64. The Morgan fingerprint density at radius 1 is 1.27 bits per heavy atom. The first kappa shape index (κ1) is 23.7. The Morgan fingerprint density at radius 2 is 1.91 bits per heavy atom. The van der Waals surface area contributed by atoms with Crippen molar-refractivity contribution < 1.29 is 34.8 Å². The normalized spacial score (nSPS) is 29.2. The number of carbonyl (C=O) groups is 3. The molecule has 0 bridgehead atoms. The highest BCUT2D eigenvalue weighted by Crippen LogP contribution is 2.52. The molecular formula is C22H24IN3O7. The fourth-order valence-electron chi connectivity index (χ4n) is 5.54. The molecule has 0 fully saturated rings. The number of amides is 1. The minimum Gasteiger partial charge on any atom is -0.510 e.